The van der Waals surface area contributed by atoms with Crippen molar-refractivity contribution in [3.05, 3.63) is 29.8 Å². The maximum absolute atomic E-state index is 6.04. The quantitative estimate of drug-likeness (QED) is 0.864. The van der Waals surface area contributed by atoms with Crippen molar-refractivity contribution >= 4 is 5.69 Å². The molecule has 0 amide bonds. The standard InChI is InChI=1S/C15H24N2/c1-4-14(16)12-6-8-13(9-7-12)17-11-5-10-15(17,2)3/h6-9,14H,4-5,10-11,16H2,1-3H3/t14-/m0/s1. The molecule has 0 spiro atoms. The van der Waals surface area contributed by atoms with E-state index in [-0.39, 0.29) is 6.04 Å². The molecule has 94 valence electrons. The number of nitrogens with two attached hydrogens (primary N) is 1. The zero-order valence-corrected chi connectivity index (χ0v) is 11.2. The predicted molar refractivity (Wildman–Crippen MR) is 74.3 cm³/mol. The maximum Gasteiger partial charge on any atom is 0.0370 e. The van der Waals surface area contributed by atoms with Gasteiger partial charge >= 0.3 is 0 Å². The molecule has 0 aromatic heterocycles. The van der Waals surface area contributed by atoms with Gasteiger partial charge in [-0.15, -0.1) is 0 Å². The monoisotopic (exact) mass is 232 g/mol. The van der Waals surface area contributed by atoms with Crippen LogP contribution in [-0.4, -0.2) is 12.1 Å². The molecule has 2 rings (SSSR count). The van der Waals surface area contributed by atoms with Gasteiger partial charge in [0.15, 0.2) is 0 Å². The van der Waals surface area contributed by atoms with Crippen molar-refractivity contribution in [3.8, 4) is 0 Å². The molecule has 1 aliphatic rings. The van der Waals surface area contributed by atoms with Crippen LogP contribution < -0.4 is 10.6 Å². The molecule has 0 unspecified atom stereocenters. The average Bonchev–Trinajstić information content (AvgIpc) is 2.68. The van der Waals surface area contributed by atoms with Crippen molar-refractivity contribution in [2.75, 3.05) is 11.4 Å². The fourth-order valence-electron chi connectivity index (χ4n) is 2.72. The molecule has 0 aliphatic carbocycles. The lowest BCUT2D eigenvalue weighted by Crippen LogP contribution is -2.38. The minimum absolute atomic E-state index is 0.177. The second-order valence-corrected chi connectivity index (χ2v) is 5.67. The molecular weight excluding hydrogens is 208 g/mol. The van der Waals surface area contributed by atoms with E-state index in [1.807, 2.05) is 0 Å². The van der Waals surface area contributed by atoms with E-state index >= 15 is 0 Å². The van der Waals surface area contributed by atoms with E-state index in [4.69, 9.17) is 5.73 Å². The van der Waals surface area contributed by atoms with Crippen LogP contribution in [0, 0.1) is 0 Å². The summed E-state index contributed by atoms with van der Waals surface area (Å²) in [6.07, 6.45) is 3.57. The number of hydrogen-bond acceptors (Lipinski definition) is 2. The van der Waals surface area contributed by atoms with Crippen LogP contribution in [0.25, 0.3) is 0 Å². The Balaban J connectivity index is 2.18. The Morgan fingerprint density at radius 3 is 2.41 bits per heavy atom. The summed E-state index contributed by atoms with van der Waals surface area (Å²) in [5, 5.41) is 0. The summed E-state index contributed by atoms with van der Waals surface area (Å²) >= 11 is 0. The number of nitrogens with zero attached hydrogens (tertiary/aromatic N) is 1. The summed E-state index contributed by atoms with van der Waals surface area (Å²) in [5.74, 6) is 0. The first-order valence-corrected chi connectivity index (χ1v) is 6.68. The lowest BCUT2D eigenvalue weighted by atomic mass is 10.0. The van der Waals surface area contributed by atoms with Gasteiger partial charge in [0.05, 0.1) is 0 Å². The molecule has 0 radical (unpaired) electrons. The molecule has 1 fully saturated rings. The Labute approximate surface area is 105 Å². The third-order valence-corrected chi connectivity index (χ3v) is 3.97. The van der Waals surface area contributed by atoms with E-state index in [9.17, 15) is 0 Å². The zero-order chi connectivity index (χ0) is 12.5. The highest BCUT2D eigenvalue weighted by molar-refractivity contribution is 5.51. The molecule has 0 bridgehead atoms. The van der Waals surface area contributed by atoms with Crippen LogP contribution in [0.5, 0.6) is 0 Å². The van der Waals surface area contributed by atoms with E-state index in [1.54, 1.807) is 0 Å². The molecule has 1 aromatic carbocycles. The van der Waals surface area contributed by atoms with Crippen LogP contribution >= 0.6 is 0 Å². The van der Waals surface area contributed by atoms with Crippen molar-refractivity contribution in [3.63, 3.8) is 0 Å². The van der Waals surface area contributed by atoms with Gasteiger partial charge in [0.2, 0.25) is 0 Å². The fraction of sp³-hybridized carbons (Fsp3) is 0.600. The van der Waals surface area contributed by atoms with Crippen molar-refractivity contribution < 1.29 is 0 Å². The smallest absolute Gasteiger partial charge is 0.0370 e. The first-order valence-electron chi connectivity index (χ1n) is 6.68. The SMILES string of the molecule is CC[C@H](N)c1ccc(N2CCCC2(C)C)cc1. The average molecular weight is 232 g/mol. The molecule has 1 saturated heterocycles. The van der Waals surface area contributed by atoms with Crippen LogP contribution in [0.2, 0.25) is 0 Å². The van der Waals surface area contributed by atoms with Gasteiger partial charge in [0, 0.05) is 23.8 Å². The molecule has 1 atom stereocenters. The van der Waals surface area contributed by atoms with Gasteiger partial charge in [-0.25, -0.2) is 0 Å². The largest absolute Gasteiger partial charge is 0.366 e. The third kappa shape index (κ3) is 2.47. The lowest BCUT2D eigenvalue weighted by molar-refractivity contribution is 0.518. The molecule has 1 aliphatic heterocycles. The highest BCUT2D eigenvalue weighted by Gasteiger charge is 2.31. The molecule has 2 N–H and O–H groups in total. The van der Waals surface area contributed by atoms with Crippen LogP contribution in [-0.2, 0) is 0 Å². The van der Waals surface area contributed by atoms with Gasteiger partial charge in [-0.2, -0.15) is 0 Å². The van der Waals surface area contributed by atoms with Crippen LogP contribution in [0.1, 0.15) is 51.6 Å². The molecule has 2 nitrogen and oxygen atoms in total. The molecule has 1 aromatic rings. The van der Waals surface area contributed by atoms with Crippen molar-refractivity contribution in [1.82, 2.24) is 0 Å². The topological polar surface area (TPSA) is 29.3 Å². The molecule has 17 heavy (non-hydrogen) atoms. The summed E-state index contributed by atoms with van der Waals surface area (Å²) in [5.41, 5.74) is 8.91. The number of anilines is 1. The highest BCUT2D eigenvalue weighted by Crippen LogP contribution is 2.33. The van der Waals surface area contributed by atoms with Crippen LogP contribution in [0.15, 0.2) is 24.3 Å². The Kier molecular flexibility index (Phi) is 3.43. The van der Waals surface area contributed by atoms with Gasteiger partial charge in [-0.05, 0) is 50.8 Å². The summed E-state index contributed by atoms with van der Waals surface area (Å²) in [6.45, 7) is 7.95. The van der Waals surface area contributed by atoms with E-state index < -0.39 is 0 Å². The summed E-state index contributed by atoms with van der Waals surface area (Å²) in [6, 6.07) is 8.97. The van der Waals surface area contributed by atoms with Crippen molar-refractivity contribution in [2.24, 2.45) is 5.73 Å². The van der Waals surface area contributed by atoms with Gasteiger partial charge < -0.3 is 10.6 Å². The maximum atomic E-state index is 6.04. The molecule has 0 saturated carbocycles. The normalized spacial score (nSPS) is 20.6. The minimum Gasteiger partial charge on any atom is -0.366 e. The first-order chi connectivity index (χ1) is 8.04. The fourth-order valence-corrected chi connectivity index (χ4v) is 2.72. The first kappa shape index (κ1) is 12.4. The lowest BCUT2D eigenvalue weighted by Gasteiger charge is -2.34. The summed E-state index contributed by atoms with van der Waals surface area (Å²) in [4.78, 5) is 2.51. The second-order valence-electron chi connectivity index (χ2n) is 5.67. The van der Waals surface area contributed by atoms with Gasteiger partial charge in [-0.3, -0.25) is 0 Å². The Morgan fingerprint density at radius 2 is 1.94 bits per heavy atom. The van der Waals surface area contributed by atoms with E-state index in [0.717, 1.165) is 6.42 Å². The Morgan fingerprint density at radius 1 is 1.29 bits per heavy atom. The van der Waals surface area contributed by atoms with Crippen LogP contribution in [0.3, 0.4) is 0 Å². The molecule has 1 heterocycles. The van der Waals surface area contributed by atoms with Crippen molar-refractivity contribution in [1.29, 1.82) is 0 Å². The highest BCUT2D eigenvalue weighted by atomic mass is 15.2. The number of rotatable bonds is 3. The molecular formula is C15H24N2. The van der Waals surface area contributed by atoms with Crippen molar-refractivity contribution in [2.45, 2.75) is 51.6 Å². The number of hydrogen-bond donors (Lipinski definition) is 1. The second kappa shape index (κ2) is 4.69. The van der Waals surface area contributed by atoms with E-state index in [0.29, 0.717) is 5.54 Å². The zero-order valence-electron chi connectivity index (χ0n) is 11.2. The summed E-state index contributed by atoms with van der Waals surface area (Å²) < 4.78 is 0. The van der Waals surface area contributed by atoms with E-state index in [1.165, 1.54) is 30.6 Å². The third-order valence-electron chi connectivity index (χ3n) is 3.97. The predicted octanol–water partition coefficient (Wildman–Crippen LogP) is 3.48. The molecule has 2 heteroatoms. The van der Waals surface area contributed by atoms with E-state index in [2.05, 4.69) is 49.9 Å². The van der Waals surface area contributed by atoms with Gasteiger partial charge in [-0.1, -0.05) is 19.1 Å². The number of benzene rings is 1. The Bertz CT molecular complexity index is 367. The Hall–Kier alpha value is -1.02. The van der Waals surface area contributed by atoms with Crippen LogP contribution in [0.4, 0.5) is 5.69 Å². The van der Waals surface area contributed by atoms with Gasteiger partial charge in [0.1, 0.15) is 0 Å². The van der Waals surface area contributed by atoms with Gasteiger partial charge in [0.25, 0.3) is 0 Å². The minimum atomic E-state index is 0.177. The summed E-state index contributed by atoms with van der Waals surface area (Å²) in [7, 11) is 0.